The minimum absolute atomic E-state index is 0.0207. The van der Waals surface area contributed by atoms with Gasteiger partial charge in [0, 0.05) is 11.5 Å². The molecule has 1 aromatic rings. The monoisotopic (exact) mass is 251 g/mol. The van der Waals surface area contributed by atoms with Crippen LogP contribution in [0.15, 0.2) is 18.2 Å². The Morgan fingerprint density at radius 2 is 1.83 bits per heavy atom. The molecule has 0 fully saturated rings. The van der Waals surface area contributed by atoms with Gasteiger partial charge in [0.1, 0.15) is 11.5 Å². The highest BCUT2D eigenvalue weighted by atomic mass is 16.5. The van der Waals surface area contributed by atoms with Crippen molar-refractivity contribution in [1.29, 1.82) is 0 Å². The highest BCUT2D eigenvalue weighted by Gasteiger charge is 2.16. The van der Waals surface area contributed by atoms with Gasteiger partial charge in [-0.2, -0.15) is 0 Å². The van der Waals surface area contributed by atoms with Gasteiger partial charge in [-0.25, -0.2) is 0 Å². The number of benzene rings is 1. The third-order valence-electron chi connectivity index (χ3n) is 2.79. The SMILES string of the molecule is COc1ccc(OC)c([C@H](C)NC(=O)C(C)C)c1. The van der Waals surface area contributed by atoms with Crippen LogP contribution in [0.25, 0.3) is 0 Å². The lowest BCUT2D eigenvalue weighted by Crippen LogP contribution is -2.30. The summed E-state index contributed by atoms with van der Waals surface area (Å²) < 4.78 is 10.5. The van der Waals surface area contributed by atoms with Gasteiger partial charge < -0.3 is 14.8 Å². The fourth-order valence-corrected chi connectivity index (χ4v) is 1.64. The molecule has 0 saturated carbocycles. The molecular weight excluding hydrogens is 230 g/mol. The van der Waals surface area contributed by atoms with Gasteiger partial charge in [-0.15, -0.1) is 0 Å². The van der Waals surface area contributed by atoms with Gasteiger partial charge in [-0.3, -0.25) is 4.79 Å². The van der Waals surface area contributed by atoms with E-state index in [2.05, 4.69) is 5.32 Å². The van der Waals surface area contributed by atoms with Crippen LogP contribution in [0.4, 0.5) is 0 Å². The zero-order chi connectivity index (χ0) is 13.7. The van der Waals surface area contributed by atoms with Gasteiger partial charge in [0.2, 0.25) is 5.91 Å². The molecule has 0 unspecified atom stereocenters. The molecule has 1 aromatic carbocycles. The predicted molar refractivity (Wildman–Crippen MR) is 70.9 cm³/mol. The summed E-state index contributed by atoms with van der Waals surface area (Å²) in [4.78, 5) is 11.7. The molecule has 1 N–H and O–H groups in total. The number of nitrogens with one attached hydrogen (secondary N) is 1. The highest BCUT2D eigenvalue weighted by molar-refractivity contribution is 5.78. The van der Waals surface area contributed by atoms with E-state index in [1.165, 1.54) is 0 Å². The second-order valence-corrected chi connectivity index (χ2v) is 4.49. The Labute approximate surface area is 108 Å². The smallest absolute Gasteiger partial charge is 0.223 e. The van der Waals surface area contributed by atoms with Crippen LogP contribution in [0.3, 0.4) is 0 Å². The minimum atomic E-state index is -0.120. The average molecular weight is 251 g/mol. The summed E-state index contributed by atoms with van der Waals surface area (Å²) in [5.74, 6) is 1.47. The van der Waals surface area contributed by atoms with Crippen molar-refractivity contribution in [3.63, 3.8) is 0 Å². The third kappa shape index (κ3) is 3.39. The Morgan fingerprint density at radius 3 is 2.33 bits per heavy atom. The second-order valence-electron chi connectivity index (χ2n) is 4.49. The molecule has 1 amide bonds. The Morgan fingerprint density at radius 1 is 1.17 bits per heavy atom. The number of amides is 1. The Balaban J connectivity index is 2.95. The van der Waals surface area contributed by atoms with Gasteiger partial charge in [0.25, 0.3) is 0 Å². The number of methoxy groups -OCH3 is 2. The first-order valence-electron chi connectivity index (χ1n) is 6.01. The summed E-state index contributed by atoms with van der Waals surface area (Å²) in [6.07, 6.45) is 0. The summed E-state index contributed by atoms with van der Waals surface area (Å²) in [6, 6.07) is 5.43. The summed E-state index contributed by atoms with van der Waals surface area (Å²) in [7, 11) is 3.23. The van der Waals surface area contributed by atoms with E-state index < -0.39 is 0 Å². The van der Waals surface area contributed by atoms with Crippen molar-refractivity contribution in [3.05, 3.63) is 23.8 Å². The fourth-order valence-electron chi connectivity index (χ4n) is 1.64. The molecule has 0 radical (unpaired) electrons. The van der Waals surface area contributed by atoms with E-state index in [1.807, 2.05) is 39.0 Å². The molecule has 1 atom stereocenters. The Bertz CT molecular complexity index is 416. The van der Waals surface area contributed by atoms with Crippen LogP contribution in [0.1, 0.15) is 32.4 Å². The van der Waals surface area contributed by atoms with Crippen LogP contribution >= 0.6 is 0 Å². The maximum absolute atomic E-state index is 11.7. The second kappa shape index (κ2) is 6.28. The molecule has 0 heterocycles. The molecule has 4 heteroatoms. The van der Waals surface area contributed by atoms with E-state index in [0.717, 1.165) is 17.1 Å². The zero-order valence-corrected chi connectivity index (χ0v) is 11.6. The molecule has 4 nitrogen and oxygen atoms in total. The standard InChI is InChI=1S/C14H21NO3/c1-9(2)14(16)15-10(3)12-8-11(17-4)6-7-13(12)18-5/h6-10H,1-5H3,(H,15,16)/t10-/m0/s1. The van der Waals surface area contributed by atoms with Crippen LogP contribution in [-0.4, -0.2) is 20.1 Å². The first-order chi connectivity index (χ1) is 8.49. The molecule has 1 rings (SSSR count). The van der Waals surface area contributed by atoms with Gasteiger partial charge in [-0.1, -0.05) is 13.8 Å². The quantitative estimate of drug-likeness (QED) is 0.874. The number of ether oxygens (including phenoxy) is 2. The molecule has 0 bridgehead atoms. The number of carbonyl (C=O) groups is 1. The van der Waals surface area contributed by atoms with Gasteiger partial charge in [0.05, 0.1) is 20.3 Å². The maximum atomic E-state index is 11.7. The Hall–Kier alpha value is -1.71. The van der Waals surface area contributed by atoms with Crippen LogP contribution in [0.2, 0.25) is 0 Å². The molecular formula is C14H21NO3. The van der Waals surface area contributed by atoms with E-state index in [1.54, 1.807) is 14.2 Å². The first kappa shape index (κ1) is 14.4. The van der Waals surface area contributed by atoms with Gasteiger partial charge >= 0.3 is 0 Å². The normalized spacial score (nSPS) is 12.1. The number of hydrogen-bond acceptors (Lipinski definition) is 3. The summed E-state index contributed by atoms with van der Waals surface area (Å²) in [6.45, 7) is 5.66. The molecule has 0 aliphatic carbocycles. The van der Waals surface area contributed by atoms with Crippen LogP contribution < -0.4 is 14.8 Å². The summed E-state index contributed by atoms with van der Waals surface area (Å²) in [5, 5.41) is 2.95. The summed E-state index contributed by atoms with van der Waals surface area (Å²) in [5.41, 5.74) is 0.908. The van der Waals surface area contributed by atoms with Crippen molar-refractivity contribution in [2.24, 2.45) is 5.92 Å². The van der Waals surface area contributed by atoms with Crippen molar-refractivity contribution in [3.8, 4) is 11.5 Å². The molecule has 0 saturated heterocycles. The van der Waals surface area contributed by atoms with Crippen molar-refractivity contribution in [2.45, 2.75) is 26.8 Å². The van der Waals surface area contributed by atoms with E-state index in [4.69, 9.17) is 9.47 Å². The highest BCUT2D eigenvalue weighted by Crippen LogP contribution is 2.29. The van der Waals surface area contributed by atoms with E-state index in [-0.39, 0.29) is 17.9 Å². The van der Waals surface area contributed by atoms with Crippen molar-refractivity contribution in [2.75, 3.05) is 14.2 Å². The topological polar surface area (TPSA) is 47.6 Å². The largest absolute Gasteiger partial charge is 0.497 e. The van der Waals surface area contributed by atoms with E-state index in [9.17, 15) is 4.79 Å². The first-order valence-corrected chi connectivity index (χ1v) is 6.01. The third-order valence-corrected chi connectivity index (χ3v) is 2.79. The Kier molecular flexibility index (Phi) is 5.01. The van der Waals surface area contributed by atoms with E-state index in [0.29, 0.717) is 0 Å². The molecule has 0 aliphatic rings. The van der Waals surface area contributed by atoms with Gasteiger partial charge in [0.15, 0.2) is 0 Å². The van der Waals surface area contributed by atoms with Crippen molar-refractivity contribution >= 4 is 5.91 Å². The van der Waals surface area contributed by atoms with Crippen LogP contribution in [-0.2, 0) is 4.79 Å². The fraction of sp³-hybridized carbons (Fsp3) is 0.500. The molecule has 100 valence electrons. The molecule has 18 heavy (non-hydrogen) atoms. The number of hydrogen-bond donors (Lipinski definition) is 1. The van der Waals surface area contributed by atoms with E-state index >= 15 is 0 Å². The molecule has 0 aromatic heterocycles. The summed E-state index contributed by atoms with van der Waals surface area (Å²) >= 11 is 0. The average Bonchev–Trinajstić information content (AvgIpc) is 2.37. The van der Waals surface area contributed by atoms with Crippen molar-refractivity contribution in [1.82, 2.24) is 5.32 Å². The maximum Gasteiger partial charge on any atom is 0.223 e. The van der Waals surface area contributed by atoms with Crippen LogP contribution in [0, 0.1) is 5.92 Å². The van der Waals surface area contributed by atoms with Gasteiger partial charge in [-0.05, 0) is 25.1 Å². The van der Waals surface area contributed by atoms with Crippen LogP contribution in [0.5, 0.6) is 11.5 Å². The molecule has 0 spiro atoms. The lowest BCUT2D eigenvalue weighted by atomic mass is 10.1. The molecule has 0 aliphatic heterocycles. The zero-order valence-electron chi connectivity index (χ0n) is 11.6. The lowest BCUT2D eigenvalue weighted by molar-refractivity contribution is -0.124. The predicted octanol–water partition coefficient (Wildman–Crippen LogP) is 2.54. The number of carbonyl (C=O) groups excluding carboxylic acids is 1. The van der Waals surface area contributed by atoms with Crippen molar-refractivity contribution < 1.29 is 14.3 Å². The lowest BCUT2D eigenvalue weighted by Gasteiger charge is -2.19. The minimum Gasteiger partial charge on any atom is -0.497 e. The number of rotatable bonds is 5.